The van der Waals surface area contributed by atoms with Crippen LogP contribution in [-0.2, 0) is 22.6 Å². The average molecular weight is 532 g/mol. The van der Waals surface area contributed by atoms with Gasteiger partial charge < -0.3 is 14.8 Å². The predicted molar refractivity (Wildman–Crippen MR) is 142 cm³/mol. The molecule has 11 heteroatoms. The highest BCUT2D eigenvalue weighted by molar-refractivity contribution is 7.93. The summed E-state index contributed by atoms with van der Waals surface area (Å²) in [6, 6.07) is 4.62. The summed E-state index contributed by atoms with van der Waals surface area (Å²) in [6.45, 7) is 3.96. The maximum atomic E-state index is 14.5. The Bertz CT molecular complexity index is 1360. The number of allylic oxidation sites excluding steroid dienone is 1. The quantitative estimate of drug-likeness (QED) is 0.286. The number of amides is 2. The van der Waals surface area contributed by atoms with Crippen molar-refractivity contribution in [3.63, 3.8) is 0 Å². The van der Waals surface area contributed by atoms with Crippen LogP contribution in [0.3, 0.4) is 0 Å². The molecule has 2 amide bonds. The minimum Gasteiger partial charge on any atom is -0.345 e. The maximum Gasteiger partial charge on any atom is 0.274 e. The number of anilines is 1. The smallest absolute Gasteiger partial charge is 0.274 e. The summed E-state index contributed by atoms with van der Waals surface area (Å²) >= 11 is -0.0666. The molecule has 0 aliphatic heterocycles. The molecule has 0 bridgehead atoms. The van der Waals surface area contributed by atoms with E-state index in [0.717, 1.165) is 6.20 Å². The fourth-order valence-electron chi connectivity index (χ4n) is 3.85. The van der Waals surface area contributed by atoms with Crippen LogP contribution in [0.25, 0.3) is 10.9 Å². The average Bonchev–Trinajstić information content (AvgIpc) is 3.22. The number of aromatic nitrogens is 3. The van der Waals surface area contributed by atoms with Gasteiger partial charge in [-0.1, -0.05) is 19.9 Å². The van der Waals surface area contributed by atoms with E-state index in [1.54, 1.807) is 26.2 Å². The zero-order valence-corrected chi connectivity index (χ0v) is 22.1. The lowest BCUT2D eigenvalue weighted by Crippen LogP contribution is -2.26. The van der Waals surface area contributed by atoms with Crippen molar-refractivity contribution in [2.75, 3.05) is 19.4 Å². The summed E-state index contributed by atoms with van der Waals surface area (Å²) in [6.07, 6.45) is 7.59. The number of fused-ring (bicyclic) bond motifs is 1. The maximum absolute atomic E-state index is 14.5. The van der Waals surface area contributed by atoms with E-state index in [1.165, 1.54) is 37.8 Å². The number of carbonyl (C=O) groups is 2. The summed E-state index contributed by atoms with van der Waals surface area (Å²) < 4.78 is 31.2. The standard InChI is InChI=1S/C26H31F2N5O3S/c1-17(2)13-22-25-19(20(27)15-29-22)14-18(33(25)37-28)16-32-12-8-9-21(26(32)36)30-23(34)10-6-5-7-11-24(35)31(3)4/h7-9,11-12,14-15,17H,5-6,10,13,16H2,1-4H3,(H,30,34)/b11-7+. The fourth-order valence-corrected chi connectivity index (χ4v) is 4.32. The Morgan fingerprint density at radius 3 is 2.73 bits per heavy atom. The summed E-state index contributed by atoms with van der Waals surface area (Å²) in [5.74, 6) is -0.792. The van der Waals surface area contributed by atoms with Crippen molar-refractivity contribution in [3.8, 4) is 0 Å². The number of likely N-dealkylation sites (N-methyl/N-ethyl adjacent to an activating group) is 1. The molecule has 0 saturated heterocycles. The zero-order chi connectivity index (χ0) is 27.1. The second-order valence-corrected chi connectivity index (χ2v) is 9.85. The van der Waals surface area contributed by atoms with Crippen molar-refractivity contribution in [2.45, 2.75) is 46.1 Å². The van der Waals surface area contributed by atoms with Gasteiger partial charge >= 0.3 is 0 Å². The molecule has 198 valence electrons. The van der Waals surface area contributed by atoms with Crippen LogP contribution >= 0.6 is 12.3 Å². The monoisotopic (exact) mass is 531 g/mol. The van der Waals surface area contributed by atoms with Crippen molar-refractivity contribution in [2.24, 2.45) is 5.92 Å². The normalized spacial score (nSPS) is 11.5. The third-order valence-electron chi connectivity index (χ3n) is 5.67. The van der Waals surface area contributed by atoms with E-state index >= 15 is 0 Å². The minimum absolute atomic E-state index is 0.0284. The largest absolute Gasteiger partial charge is 0.345 e. The molecule has 0 aromatic carbocycles. The number of nitrogens with one attached hydrogen (secondary N) is 1. The van der Waals surface area contributed by atoms with Crippen LogP contribution in [-0.4, -0.2) is 44.3 Å². The number of hydrogen-bond donors (Lipinski definition) is 1. The highest BCUT2D eigenvalue weighted by Crippen LogP contribution is 2.31. The van der Waals surface area contributed by atoms with Crippen LogP contribution in [0.2, 0.25) is 0 Å². The number of carbonyl (C=O) groups excluding carboxylic acids is 2. The molecule has 3 heterocycles. The molecule has 0 spiro atoms. The van der Waals surface area contributed by atoms with E-state index in [1.807, 2.05) is 13.8 Å². The third-order valence-corrected chi connectivity index (χ3v) is 6.22. The first-order chi connectivity index (χ1) is 17.6. The molecule has 0 radical (unpaired) electrons. The van der Waals surface area contributed by atoms with Gasteiger partial charge in [0.1, 0.15) is 5.69 Å². The third kappa shape index (κ3) is 7.06. The van der Waals surface area contributed by atoms with Crippen molar-refractivity contribution in [3.05, 3.63) is 70.3 Å². The molecular formula is C26H31F2N5O3S. The second-order valence-electron chi connectivity index (χ2n) is 9.34. The molecule has 8 nitrogen and oxygen atoms in total. The molecule has 3 aromatic rings. The Hall–Kier alpha value is -3.47. The van der Waals surface area contributed by atoms with Gasteiger partial charge in [0.15, 0.2) is 18.2 Å². The van der Waals surface area contributed by atoms with Crippen LogP contribution in [0.4, 0.5) is 14.0 Å². The minimum atomic E-state index is -0.564. The van der Waals surface area contributed by atoms with E-state index in [9.17, 15) is 22.7 Å². The number of pyridine rings is 2. The molecule has 3 aromatic heterocycles. The summed E-state index contributed by atoms with van der Waals surface area (Å²) in [7, 11) is 3.31. The Balaban J connectivity index is 1.76. The predicted octanol–water partition coefficient (Wildman–Crippen LogP) is 4.72. The highest BCUT2D eigenvalue weighted by atomic mass is 32.2. The number of unbranched alkanes of at least 4 members (excludes halogenated alkanes) is 1. The van der Waals surface area contributed by atoms with Gasteiger partial charge in [-0.15, -0.1) is 3.89 Å². The van der Waals surface area contributed by atoms with Crippen molar-refractivity contribution >= 4 is 40.7 Å². The van der Waals surface area contributed by atoms with E-state index < -0.39 is 11.4 Å². The molecule has 0 saturated carbocycles. The zero-order valence-electron chi connectivity index (χ0n) is 21.3. The molecule has 3 rings (SSSR count). The van der Waals surface area contributed by atoms with E-state index in [0.29, 0.717) is 36.2 Å². The van der Waals surface area contributed by atoms with Crippen molar-refractivity contribution in [1.82, 2.24) is 18.4 Å². The molecule has 37 heavy (non-hydrogen) atoms. The molecular weight excluding hydrogens is 500 g/mol. The molecule has 1 N–H and O–H groups in total. The van der Waals surface area contributed by atoms with E-state index in [4.69, 9.17) is 0 Å². The Kier molecular flexibility index (Phi) is 9.62. The van der Waals surface area contributed by atoms with Crippen molar-refractivity contribution < 1.29 is 17.9 Å². The first-order valence-corrected chi connectivity index (χ1v) is 12.6. The summed E-state index contributed by atoms with van der Waals surface area (Å²) in [4.78, 5) is 42.5. The highest BCUT2D eigenvalue weighted by Gasteiger charge is 2.19. The molecule has 0 aliphatic carbocycles. The van der Waals surface area contributed by atoms with Gasteiger partial charge in [0, 0.05) is 32.1 Å². The second kappa shape index (κ2) is 12.7. The molecule has 0 atom stereocenters. The fraction of sp³-hybridized carbons (Fsp3) is 0.385. The van der Waals surface area contributed by atoms with Crippen LogP contribution in [0.15, 0.2) is 47.5 Å². The van der Waals surface area contributed by atoms with Crippen LogP contribution in [0.1, 0.15) is 44.5 Å². The lowest BCUT2D eigenvalue weighted by Gasteiger charge is -2.11. The summed E-state index contributed by atoms with van der Waals surface area (Å²) in [5, 5.41) is 2.86. The lowest BCUT2D eigenvalue weighted by molar-refractivity contribution is -0.123. The topological polar surface area (TPSA) is 89.2 Å². The van der Waals surface area contributed by atoms with Crippen LogP contribution in [0.5, 0.6) is 0 Å². The van der Waals surface area contributed by atoms with Crippen LogP contribution < -0.4 is 10.9 Å². The SMILES string of the molecule is CC(C)Cc1ncc(F)c2cc(Cn3cccc(NC(=O)CCC/C=C/C(=O)N(C)C)c3=O)n(SF)c12. The first-order valence-electron chi connectivity index (χ1n) is 12.0. The molecule has 0 fully saturated rings. The first kappa shape index (κ1) is 28.1. The van der Waals surface area contributed by atoms with E-state index in [-0.39, 0.29) is 54.1 Å². The van der Waals surface area contributed by atoms with Crippen LogP contribution in [0, 0.1) is 11.7 Å². The van der Waals surface area contributed by atoms with Gasteiger partial charge in [-0.05, 0) is 49.5 Å². The van der Waals surface area contributed by atoms with Crippen molar-refractivity contribution in [1.29, 1.82) is 0 Å². The van der Waals surface area contributed by atoms with Gasteiger partial charge in [-0.25, -0.2) is 4.39 Å². The van der Waals surface area contributed by atoms with Gasteiger partial charge in [0.25, 0.3) is 5.56 Å². The Morgan fingerprint density at radius 1 is 1.30 bits per heavy atom. The van der Waals surface area contributed by atoms with Gasteiger partial charge in [0.05, 0.1) is 29.6 Å². The lowest BCUT2D eigenvalue weighted by atomic mass is 10.1. The van der Waals surface area contributed by atoms with Gasteiger partial charge in [-0.3, -0.25) is 23.3 Å². The number of rotatable bonds is 11. The Morgan fingerprint density at radius 2 is 2.05 bits per heavy atom. The number of nitrogens with zero attached hydrogens (tertiary/aromatic N) is 4. The number of halogens is 2. The molecule has 0 unspecified atom stereocenters. The number of hydrogen-bond acceptors (Lipinski definition) is 5. The van der Waals surface area contributed by atoms with Gasteiger partial charge in [-0.2, -0.15) is 0 Å². The van der Waals surface area contributed by atoms with E-state index in [2.05, 4.69) is 10.3 Å². The summed E-state index contributed by atoms with van der Waals surface area (Å²) in [5.41, 5.74) is 0.944. The Labute approximate surface area is 218 Å². The van der Waals surface area contributed by atoms with Gasteiger partial charge in [0.2, 0.25) is 11.8 Å². The molecule has 0 aliphatic rings.